The maximum Gasteiger partial charge on any atom is 0.326 e. The zero-order chi connectivity index (χ0) is 15.1. The molecule has 0 heterocycles. The largest absolute Gasteiger partial charge is 0.481 e. The van der Waals surface area contributed by atoms with E-state index in [0.29, 0.717) is 0 Å². The molecule has 0 aliphatic rings. The van der Waals surface area contributed by atoms with Crippen molar-refractivity contribution in [1.29, 1.82) is 0 Å². The number of carboxylic acids is 2. The highest BCUT2D eigenvalue weighted by molar-refractivity contribution is 7.88. The van der Waals surface area contributed by atoms with Gasteiger partial charge in [0.25, 0.3) is 0 Å². The summed E-state index contributed by atoms with van der Waals surface area (Å²) in [5.41, 5.74) is 0. The summed E-state index contributed by atoms with van der Waals surface area (Å²) < 4.78 is 23.5. The Morgan fingerprint density at radius 1 is 1.16 bits per heavy atom. The molecule has 5 N–H and O–H groups in total. The van der Waals surface area contributed by atoms with Gasteiger partial charge >= 0.3 is 18.0 Å². The van der Waals surface area contributed by atoms with Crippen LogP contribution in [0.3, 0.4) is 0 Å². The van der Waals surface area contributed by atoms with Gasteiger partial charge in [-0.15, -0.1) is 0 Å². The van der Waals surface area contributed by atoms with E-state index < -0.39 is 40.5 Å². The Bertz CT molecular complexity index is 447. The fourth-order valence-corrected chi connectivity index (χ4v) is 1.47. The van der Waals surface area contributed by atoms with Crippen LogP contribution in [-0.2, 0) is 19.6 Å². The molecule has 0 aromatic heterocycles. The average Bonchev–Trinajstić information content (AvgIpc) is 2.21. The number of carbonyl (C=O) groups is 3. The van der Waals surface area contributed by atoms with Crippen LogP contribution in [-0.4, -0.2) is 62.0 Å². The first kappa shape index (κ1) is 17.1. The molecule has 19 heavy (non-hydrogen) atoms. The lowest BCUT2D eigenvalue weighted by Crippen LogP contribution is -2.48. The van der Waals surface area contributed by atoms with Gasteiger partial charge in [0.2, 0.25) is 10.0 Å². The Labute approximate surface area is 109 Å². The number of carbonyl (C=O) groups excluding carboxylic acids is 1. The smallest absolute Gasteiger partial charge is 0.326 e. The van der Waals surface area contributed by atoms with Crippen LogP contribution in [0, 0.1) is 0 Å². The van der Waals surface area contributed by atoms with Crippen LogP contribution in [0.2, 0.25) is 0 Å². The van der Waals surface area contributed by atoms with Crippen LogP contribution < -0.4 is 15.4 Å². The van der Waals surface area contributed by atoms with Gasteiger partial charge in [-0.1, -0.05) is 0 Å². The fraction of sp³-hybridized carbons (Fsp3) is 0.625. The number of nitrogens with one attached hydrogen (secondary N) is 3. The van der Waals surface area contributed by atoms with Crippen LogP contribution in [0.5, 0.6) is 0 Å². The van der Waals surface area contributed by atoms with Crippen molar-refractivity contribution in [3.8, 4) is 0 Å². The summed E-state index contributed by atoms with van der Waals surface area (Å²) in [5, 5.41) is 21.2. The molecule has 0 aromatic carbocycles. The molecule has 2 amide bonds. The minimum Gasteiger partial charge on any atom is -0.481 e. The highest BCUT2D eigenvalue weighted by Gasteiger charge is 2.22. The van der Waals surface area contributed by atoms with E-state index in [0.717, 1.165) is 6.26 Å². The van der Waals surface area contributed by atoms with Gasteiger partial charge in [-0.25, -0.2) is 22.7 Å². The lowest BCUT2D eigenvalue weighted by molar-refractivity contribution is -0.145. The summed E-state index contributed by atoms with van der Waals surface area (Å²) in [7, 11) is -3.37. The first-order chi connectivity index (χ1) is 8.61. The van der Waals surface area contributed by atoms with Gasteiger partial charge in [0.05, 0.1) is 12.7 Å². The molecule has 0 aromatic rings. The Kier molecular flexibility index (Phi) is 6.79. The van der Waals surface area contributed by atoms with Gasteiger partial charge in [0, 0.05) is 13.1 Å². The molecule has 0 saturated heterocycles. The quantitative estimate of drug-likeness (QED) is 0.316. The zero-order valence-corrected chi connectivity index (χ0v) is 10.9. The summed E-state index contributed by atoms with van der Waals surface area (Å²) in [5.74, 6) is -2.85. The van der Waals surface area contributed by atoms with Crippen molar-refractivity contribution in [1.82, 2.24) is 15.4 Å². The van der Waals surface area contributed by atoms with Crippen LogP contribution >= 0.6 is 0 Å². The monoisotopic (exact) mass is 297 g/mol. The summed E-state index contributed by atoms with van der Waals surface area (Å²) in [6, 6.07) is -2.45. The van der Waals surface area contributed by atoms with Crippen molar-refractivity contribution in [2.45, 2.75) is 12.5 Å². The second kappa shape index (κ2) is 7.53. The molecule has 0 aliphatic carbocycles. The first-order valence-electron chi connectivity index (χ1n) is 5.05. The second-order valence-corrected chi connectivity index (χ2v) is 5.39. The maximum absolute atomic E-state index is 11.2. The fourth-order valence-electron chi connectivity index (χ4n) is 0.996. The van der Waals surface area contributed by atoms with E-state index in [1.54, 1.807) is 0 Å². The van der Waals surface area contributed by atoms with Gasteiger partial charge in [-0.2, -0.15) is 0 Å². The van der Waals surface area contributed by atoms with Crippen molar-refractivity contribution in [2.24, 2.45) is 0 Å². The maximum atomic E-state index is 11.2. The Morgan fingerprint density at radius 3 is 2.16 bits per heavy atom. The standard InChI is InChI=1S/C8H15N3O7S/c1-19(17,18)10-3-2-9-8(16)11-5(7(14)15)4-6(12)13/h5,10H,2-4H2,1H3,(H,12,13)(H,14,15)(H2,9,11,16)/t5-/m1/s1. The number of sulfonamides is 1. The molecule has 10 nitrogen and oxygen atoms in total. The second-order valence-electron chi connectivity index (χ2n) is 3.56. The highest BCUT2D eigenvalue weighted by Crippen LogP contribution is 1.92. The first-order valence-corrected chi connectivity index (χ1v) is 6.94. The number of amides is 2. The lowest BCUT2D eigenvalue weighted by atomic mass is 10.2. The van der Waals surface area contributed by atoms with E-state index in [1.165, 1.54) is 0 Å². The van der Waals surface area contributed by atoms with Crippen molar-refractivity contribution >= 4 is 28.0 Å². The van der Waals surface area contributed by atoms with Gasteiger partial charge in [0.15, 0.2) is 0 Å². The van der Waals surface area contributed by atoms with Crippen LogP contribution in [0.1, 0.15) is 6.42 Å². The molecule has 0 spiro atoms. The van der Waals surface area contributed by atoms with E-state index in [-0.39, 0.29) is 13.1 Å². The van der Waals surface area contributed by atoms with E-state index in [4.69, 9.17) is 10.2 Å². The van der Waals surface area contributed by atoms with Gasteiger partial charge in [0.1, 0.15) is 6.04 Å². The number of hydrogen-bond acceptors (Lipinski definition) is 5. The van der Waals surface area contributed by atoms with Crippen molar-refractivity contribution in [3.05, 3.63) is 0 Å². The SMILES string of the molecule is CS(=O)(=O)NCCNC(=O)N[C@H](CC(=O)O)C(=O)O. The van der Waals surface area contributed by atoms with Crippen molar-refractivity contribution in [3.63, 3.8) is 0 Å². The molecular weight excluding hydrogens is 282 g/mol. The summed E-state index contributed by atoms with van der Waals surface area (Å²) in [6.45, 7) is -0.138. The van der Waals surface area contributed by atoms with Crippen molar-refractivity contribution < 1.29 is 33.0 Å². The molecule has 0 bridgehead atoms. The molecule has 0 aliphatic heterocycles. The number of rotatable bonds is 8. The number of carboxylic acid groups (broad SMARTS) is 2. The van der Waals surface area contributed by atoms with E-state index in [1.807, 2.05) is 5.32 Å². The predicted molar refractivity (Wildman–Crippen MR) is 63.1 cm³/mol. The summed E-state index contributed by atoms with van der Waals surface area (Å²) >= 11 is 0. The van der Waals surface area contributed by atoms with Gasteiger partial charge in [-0.05, 0) is 0 Å². The third-order valence-electron chi connectivity index (χ3n) is 1.76. The molecular formula is C8H15N3O7S. The predicted octanol–water partition coefficient (Wildman–Crippen LogP) is -2.24. The minimum absolute atomic E-state index is 0.0665. The van der Waals surface area contributed by atoms with E-state index >= 15 is 0 Å². The molecule has 11 heteroatoms. The summed E-state index contributed by atoms with van der Waals surface area (Å²) in [4.78, 5) is 32.2. The van der Waals surface area contributed by atoms with Crippen molar-refractivity contribution in [2.75, 3.05) is 19.3 Å². The lowest BCUT2D eigenvalue weighted by Gasteiger charge is -2.13. The van der Waals surface area contributed by atoms with Gasteiger partial charge < -0.3 is 20.8 Å². The van der Waals surface area contributed by atoms with E-state index in [2.05, 4.69) is 10.0 Å². The van der Waals surface area contributed by atoms with Crippen LogP contribution in [0.25, 0.3) is 0 Å². The Hall–Kier alpha value is -1.88. The Balaban J connectivity index is 4.07. The molecule has 0 saturated carbocycles. The molecule has 0 unspecified atom stereocenters. The van der Waals surface area contributed by atoms with Gasteiger partial charge in [-0.3, -0.25) is 4.79 Å². The summed E-state index contributed by atoms with van der Waals surface area (Å²) in [6.07, 6.45) is 0.185. The van der Waals surface area contributed by atoms with Crippen LogP contribution in [0.15, 0.2) is 0 Å². The third-order valence-corrected chi connectivity index (χ3v) is 2.49. The molecule has 110 valence electrons. The topological polar surface area (TPSA) is 162 Å². The van der Waals surface area contributed by atoms with Crippen LogP contribution in [0.4, 0.5) is 4.79 Å². The minimum atomic E-state index is -3.37. The third kappa shape index (κ3) is 9.79. The van der Waals surface area contributed by atoms with E-state index in [9.17, 15) is 22.8 Å². The highest BCUT2D eigenvalue weighted by atomic mass is 32.2. The average molecular weight is 297 g/mol. The number of hydrogen-bond donors (Lipinski definition) is 5. The molecule has 0 fully saturated rings. The molecule has 1 atom stereocenters. The Morgan fingerprint density at radius 2 is 1.74 bits per heavy atom. The number of aliphatic carboxylic acids is 2. The molecule has 0 rings (SSSR count). The zero-order valence-electron chi connectivity index (χ0n) is 10.0. The molecule has 0 radical (unpaired) electrons. The number of urea groups is 1. The normalized spacial score (nSPS) is 12.5.